The molecule has 0 spiro atoms. The molecule has 0 aliphatic rings. The lowest BCUT2D eigenvalue weighted by Crippen LogP contribution is -2.21. The predicted molar refractivity (Wildman–Crippen MR) is 59.6 cm³/mol. The van der Waals surface area contributed by atoms with Crippen LogP contribution in [0, 0.1) is 0 Å². The molecular weight excluding hydrogens is 214 g/mol. The lowest BCUT2D eigenvalue weighted by Gasteiger charge is -2.10. The summed E-state index contributed by atoms with van der Waals surface area (Å²) in [6.07, 6.45) is 2.78. The van der Waals surface area contributed by atoms with E-state index in [9.17, 15) is 13.2 Å². The molecule has 1 aromatic heterocycles. The lowest BCUT2D eigenvalue weighted by atomic mass is 10.3. The van der Waals surface area contributed by atoms with Gasteiger partial charge in [0.15, 0.2) is 9.84 Å². The van der Waals surface area contributed by atoms with Gasteiger partial charge in [-0.2, -0.15) is 0 Å². The van der Waals surface area contributed by atoms with Gasteiger partial charge in [0.05, 0.1) is 5.75 Å². The Balaban J connectivity index is 3.14. The number of rotatable bonds is 3. The highest BCUT2D eigenvalue weighted by molar-refractivity contribution is 7.89. The van der Waals surface area contributed by atoms with Gasteiger partial charge in [-0.25, -0.2) is 8.42 Å². The summed E-state index contributed by atoms with van der Waals surface area (Å²) in [5, 5.41) is 0. The van der Waals surface area contributed by atoms with Crippen LogP contribution >= 0.6 is 0 Å². The highest BCUT2D eigenvalue weighted by Gasteiger charge is 2.07. The molecule has 0 saturated heterocycles. The third-order valence-corrected chi connectivity index (χ3v) is 2.84. The highest BCUT2D eigenvalue weighted by atomic mass is 32.2. The van der Waals surface area contributed by atoms with Crippen LogP contribution in [0.4, 0.5) is 0 Å². The maximum Gasteiger partial charge on any atom is 0.250 e. The van der Waals surface area contributed by atoms with Gasteiger partial charge in [0.1, 0.15) is 0 Å². The average Bonchev–Trinajstić information content (AvgIpc) is 2.05. The largest absolute Gasteiger partial charge is 0.313 e. The molecule has 1 aromatic rings. The SMILES string of the molecule is CC(C)n1cc(CS(C)(=O)=O)ccc1=O. The summed E-state index contributed by atoms with van der Waals surface area (Å²) in [4.78, 5) is 11.4. The van der Waals surface area contributed by atoms with Gasteiger partial charge in [0.25, 0.3) is 5.56 Å². The molecule has 0 fully saturated rings. The maximum absolute atomic E-state index is 11.4. The molecule has 0 aromatic carbocycles. The zero-order valence-electron chi connectivity index (χ0n) is 9.10. The van der Waals surface area contributed by atoms with Crippen molar-refractivity contribution in [3.05, 3.63) is 34.2 Å². The van der Waals surface area contributed by atoms with Gasteiger partial charge < -0.3 is 4.57 Å². The van der Waals surface area contributed by atoms with Gasteiger partial charge in [-0.3, -0.25) is 4.79 Å². The molecule has 15 heavy (non-hydrogen) atoms. The van der Waals surface area contributed by atoms with Gasteiger partial charge in [0.2, 0.25) is 0 Å². The van der Waals surface area contributed by atoms with Gasteiger partial charge in [-0.05, 0) is 19.4 Å². The van der Waals surface area contributed by atoms with Crippen molar-refractivity contribution in [1.29, 1.82) is 0 Å². The van der Waals surface area contributed by atoms with E-state index in [1.54, 1.807) is 12.3 Å². The number of hydrogen-bond acceptors (Lipinski definition) is 3. The Morgan fingerprint density at radius 1 is 1.33 bits per heavy atom. The standard InChI is InChI=1S/C10H15NO3S/c1-8(2)11-6-9(4-5-10(11)12)7-15(3,13)14/h4-6,8H,7H2,1-3H3. The first-order valence-corrected chi connectivity index (χ1v) is 6.74. The molecule has 0 saturated carbocycles. The van der Waals surface area contributed by atoms with Crippen molar-refractivity contribution in [2.75, 3.05) is 6.26 Å². The van der Waals surface area contributed by atoms with Crippen LogP contribution in [0.25, 0.3) is 0 Å². The third-order valence-electron chi connectivity index (χ3n) is 1.98. The van der Waals surface area contributed by atoms with Crippen molar-refractivity contribution in [1.82, 2.24) is 4.57 Å². The van der Waals surface area contributed by atoms with Crippen LogP contribution < -0.4 is 5.56 Å². The van der Waals surface area contributed by atoms with Gasteiger partial charge in [-0.1, -0.05) is 6.07 Å². The van der Waals surface area contributed by atoms with Crippen molar-refractivity contribution in [2.24, 2.45) is 0 Å². The molecule has 0 atom stereocenters. The van der Waals surface area contributed by atoms with Gasteiger partial charge in [-0.15, -0.1) is 0 Å². The van der Waals surface area contributed by atoms with E-state index in [0.29, 0.717) is 5.56 Å². The van der Waals surface area contributed by atoms with E-state index in [-0.39, 0.29) is 17.4 Å². The fourth-order valence-corrected chi connectivity index (χ4v) is 2.12. The summed E-state index contributed by atoms with van der Waals surface area (Å²) < 4.78 is 23.7. The van der Waals surface area contributed by atoms with Crippen molar-refractivity contribution >= 4 is 9.84 Å². The van der Waals surface area contributed by atoms with Crippen LogP contribution in [-0.2, 0) is 15.6 Å². The third kappa shape index (κ3) is 3.51. The summed E-state index contributed by atoms with van der Waals surface area (Å²) >= 11 is 0. The Hall–Kier alpha value is -1.10. The topological polar surface area (TPSA) is 56.1 Å². The lowest BCUT2D eigenvalue weighted by molar-refractivity contribution is 0.574. The fraction of sp³-hybridized carbons (Fsp3) is 0.500. The zero-order chi connectivity index (χ0) is 11.6. The van der Waals surface area contributed by atoms with Crippen molar-refractivity contribution in [3.63, 3.8) is 0 Å². The summed E-state index contributed by atoms with van der Waals surface area (Å²) in [5.41, 5.74) is 0.535. The van der Waals surface area contributed by atoms with E-state index in [1.807, 2.05) is 13.8 Å². The minimum absolute atomic E-state index is 0.0278. The quantitative estimate of drug-likeness (QED) is 0.776. The normalized spacial score (nSPS) is 12.0. The van der Waals surface area contributed by atoms with E-state index in [0.717, 1.165) is 0 Å². The number of aromatic nitrogens is 1. The van der Waals surface area contributed by atoms with E-state index >= 15 is 0 Å². The molecule has 1 rings (SSSR count). The molecule has 0 aliphatic heterocycles. The first kappa shape index (κ1) is 12.0. The first-order valence-electron chi connectivity index (χ1n) is 4.68. The van der Waals surface area contributed by atoms with Crippen LogP contribution in [0.2, 0.25) is 0 Å². The van der Waals surface area contributed by atoms with Crippen LogP contribution in [0.15, 0.2) is 23.1 Å². The molecule has 5 heteroatoms. The number of pyridine rings is 1. The minimum atomic E-state index is -3.05. The van der Waals surface area contributed by atoms with Crippen molar-refractivity contribution < 1.29 is 8.42 Å². The van der Waals surface area contributed by atoms with Gasteiger partial charge >= 0.3 is 0 Å². The molecule has 0 radical (unpaired) electrons. The maximum atomic E-state index is 11.4. The zero-order valence-corrected chi connectivity index (χ0v) is 9.91. The van der Waals surface area contributed by atoms with Crippen molar-refractivity contribution in [3.8, 4) is 0 Å². The van der Waals surface area contributed by atoms with E-state index < -0.39 is 9.84 Å². The summed E-state index contributed by atoms with van der Waals surface area (Å²) in [5.74, 6) is -0.0278. The Morgan fingerprint density at radius 2 is 1.93 bits per heavy atom. The smallest absolute Gasteiger partial charge is 0.250 e. The molecule has 0 unspecified atom stereocenters. The monoisotopic (exact) mass is 229 g/mol. The van der Waals surface area contributed by atoms with Crippen LogP contribution in [-0.4, -0.2) is 19.2 Å². The van der Waals surface area contributed by atoms with Gasteiger partial charge in [0, 0.05) is 24.6 Å². The Kier molecular flexibility index (Phi) is 3.34. The predicted octanol–water partition coefficient (Wildman–Crippen LogP) is 0.974. The summed E-state index contributed by atoms with van der Waals surface area (Å²) in [6, 6.07) is 3.00. The van der Waals surface area contributed by atoms with E-state index in [4.69, 9.17) is 0 Å². The van der Waals surface area contributed by atoms with Crippen LogP contribution in [0.1, 0.15) is 25.5 Å². The number of nitrogens with zero attached hydrogens (tertiary/aromatic N) is 1. The molecule has 0 N–H and O–H groups in total. The molecule has 1 heterocycles. The molecule has 0 bridgehead atoms. The summed E-state index contributed by atoms with van der Waals surface area (Å²) in [6.45, 7) is 3.76. The molecule has 0 aliphatic carbocycles. The average molecular weight is 229 g/mol. The second-order valence-corrected chi connectivity index (χ2v) is 6.09. The second kappa shape index (κ2) is 4.18. The van der Waals surface area contributed by atoms with Crippen LogP contribution in [0.3, 0.4) is 0 Å². The molecule has 4 nitrogen and oxygen atoms in total. The Labute approximate surface area is 89.5 Å². The fourth-order valence-electron chi connectivity index (χ4n) is 1.34. The number of sulfone groups is 1. The minimum Gasteiger partial charge on any atom is -0.313 e. The van der Waals surface area contributed by atoms with E-state index in [2.05, 4.69) is 0 Å². The number of hydrogen-bond donors (Lipinski definition) is 0. The summed E-state index contributed by atoms with van der Waals surface area (Å²) in [7, 11) is -3.05. The Morgan fingerprint density at radius 3 is 2.40 bits per heavy atom. The van der Waals surface area contributed by atoms with Crippen molar-refractivity contribution in [2.45, 2.75) is 25.6 Å². The van der Waals surface area contributed by atoms with E-state index in [1.165, 1.54) is 16.9 Å². The second-order valence-electron chi connectivity index (χ2n) is 3.95. The molecular formula is C10H15NO3S. The highest BCUT2D eigenvalue weighted by Crippen LogP contribution is 2.06. The van der Waals surface area contributed by atoms with Crippen LogP contribution in [0.5, 0.6) is 0 Å². The first-order chi connectivity index (χ1) is 6.79. The molecule has 0 amide bonds. The Bertz CT molecular complexity index is 500. The molecule has 84 valence electrons.